The predicted octanol–water partition coefficient (Wildman–Crippen LogP) is 2.94. The van der Waals surface area contributed by atoms with E-state index in [0.717, 1.165) is 31.9 Å². The van der Waals surface area contributed by atoms with Crippen LogP contribution in [0.2, 0.25) is 0 Å². The Balaban J connectivity index is 1.91. The van der Waals surface area contributed by atoms with Gasteiger partial charge in [-0.15, -0.1) is 0 Å². The summed E-state index contributed by atoms with van der Waals surface area (Å²) in [5, 5.41) is 3.54. The van der Waals surface area contributed by atoms with Crippen molar-refractivity contribution >= 4 is 0 Å². The predicted molar refractivity (Wildman–Crippen MR) is 67.1 cm³/mol. The lowest BCUT2D eigenvalue weighted by molar-refractivity contribution is 0.264. The summed E-state index contributed by atoms with van der Waals surface area (Å²) < 4.78 is 5.65. The van der Waals surface area contributed by atoms with Crippen LogP contribution in [0, 0.1) is 0 Å². The Labute approximate surface area is 98.0 Å². The molecule has 16 heavy (non-hydrogen) atoms. The molecule has 0 amide bonds. The van der Waals surface area contributed by atoms with Gasteiger partial charge < -0.3 is 10.1 Å². The van der Waals surface area contributed by atoms with Crippen molar-refractivity contribution in [3.63, 3.8) is 0 Å². The van der Waals surface area contributed by atoms with Gasteiger partial charge in [0.1, 0.15) is 5.75 Å². The zero-order chi connectivity index (χ0) is 11.2. The van der Waals surface area contributed by atoms with Crippen molar-refractivity contribution in [1.82, 2.24) is 5.32 Å². The Morgan fingerprint density at radius 3 is 3.12 bits per heavy atom. The van der Waals surface area contributed by atoms with Crippen molar-refractivity contribution in [3.05, 3.63) is 29.8 Å². The van der Waals surface area contributed by atoms with E-state index in [1.807, 2.05) is 6.07 Å². The van der Waals surface area contributed by atoms with Crippen LogP contribution < -0.4 is 10.1 Å². The van der Waals surface area contributed by atoms with E-state index in [-0.39, 0.29) is 0 Å². The van der Waals surface area contributed by atoms with Gasteiger partial charge in [0.2, 0.25) is 0 Å². The van der Waals surface area contributed by atoms with E-state index in [0.29, 0.717) is 5.92 Å². The number of nitrogens with one attached hydrogen (secondary N) is 1. The summed E-state index contributed by atoms with van der Waals surface area (Å²) in [6.45, 7) is 5.30. The van der Waals surface area contributed by atoms with E-state index >= 15 is 0 Å². The van der Waals surface area contributed by atoms with Crippen LogP contribution >= 0.6 is 0 Å². The maximum Gasteiger partial charge on any atom is 0.122 e. The van der Waals surface area contributed by atoms with E-state index < -0.39 is 0 Å². The number of hydrogen-bond donors (Lipinski definition) is 1. The van der Waals surface area contributed by atoms with Crippen LogP contribution in [0.5, 0.6) is 5.75 Å². The average Bonchev–Trinajstić information content (AvgIpc) is 2.35. The molecule has 0 saturated heterocycles. The van der Waals surface area contributed by atoms with Gasteiger partial charge in [-0.25, -0.2) is 0 Å². The second kappa shape index (κ2) is 5.90. The SMILES string of the molecule is CCCCNCC1CCOc2ccccc21. The first-order valence-corrected chi connectivity index (χ1v) is 6.34. The van der Waals surface area contributed by atoms with E-state index in [1.54, 1.807) is 0 Å². The molecule has 0 saturated carbocycles. The molecule has 1 atom stereocenters. The maximum absolute atomic E-state index is 5.65. The fourth-order valence-electron chi connectivity index (χ4n) is 2.21. The highest BCUT2D eigenvalue weighted by molar-refractivity contribution is 5.37. The van der Waals surface area contributed by atoms with E-state index in [2.05, 4.69) is 30.4 Å². The van der Waals surface area contributed by atoms with E-state index in [9.17, 15) is 0 Å². The van der Waals surface area contributed by atoms with Gasteiger partial charge in [0.15, 0.2) is 0 Å². The summed E-state index contributed by atoms with van der Waals surface area (Å²) in [7, 11) is 0. The van der Waals surface area contributed by atoms with Crippen LogP contribution in [0.15, 0.2) is 24.3 Å². The Morgan fingerprint density at radius 2 is 2.25 bits per heavy atom. The number of fused-ring (bicyclic) bond motifs is 1. The van der Waals surface area contributed by atoms with Gasteiger partial charge in [0.05, 0.1) is 6.61 Å². The zero-order valence-corrected chi connectivity index (χ0v) is 10.0. The smallest absolute Gasteiger partial charge is 0.122 e. The van der Waals surface area contributed by atoms with Crippen molar-refractivity contribution in [2.24, 2.45) is 0 Å². The molecule has 0 bridgehead atoms. The Kier molecular flexibility index (Phi) is 4.23. The highest BCUT2D eigenvalue weighted by Gasteiger charge is 2.20. The van der Waals surface area contributed by atoms with Crippen molar-refractivity contribution < 1.29 is 4.74 Å². The van der Waals surface area contributed by atoms with Crippen LogP contribution in [-0.4, -0.2) is 19.7 Å². The number of unbranched alkanes of at least 4 members (excludes halogenated alkanes) is 1. The lowest BCUT2D eigenvalue weighted by Crippen LogP contribution is -2.26. The van der Waals surface area contributed by atoms with Crippen LogP contribution in [0.3, 0.4) is 0 Å². The molecule has 1 heterocycles. The molecular weight excluding hydrogens is 198 g/mol. The second-order valence-corrected chi connectivity index (χ2v) is 4.43. The molecule has 1 N–H and O–H groups in total. The first-order chi connectivity index (χ1) is 7.92. The third-order valence-electron chi connectivity index (χ3n) is 3.18. The van der Waals surface area contributed by atoms with E-state index in [1.165, 1.54) is 18.4 Å². The molecule has 0 radical (unpaired) electrons. The van der Waals surface area contributed by atoms with Gasteiger partial charge in [-0.1, -0.05) is 31.5 Å². The first kappa shape index (κ1) is 11.5. The summed E-state index contributed by atoms with van der Waals surface area (Å²) in [4.78, 5) is 0. The normalized spacial score (nSPS) is 18.9. The minimum atomic E-state index is 0.627. The van der Waals surface area contributed by atoms with Crippen molar-refractivity contribution in [1.29, 1.82) is 0 Å². The van der Waals surface area contributed by atoms with Gasteiger partial charge in [-0.05, 0) is 31.0 Å². The van der Waals surface area contributed by atoms with Crippen LogP contribution in [0.4, 0.5) is 0 Å². The minimum absolute atomic E-state index is 0.627. The van der Waals surface area contributed by atoms with Gasteiger partial charge >= 0.3 is 0 Å². The molecule has 2 rings (SSSR count). The average molecular weight is 219 g/mol. The highest BCUT2D eigenvalue weighted by atomic mass is 16.5. The number of benzene rings is 1. The van der Waals surface area contributed by atoms with Crippen molar-refractivity contribution in [2.45, 2.75) is 32.1 Å². The number of hydrogen-bond acceptors (Lipinski definition) is 2. The number of para-hydroxylation sites is 1. The van der Waals surface area contributed by atoms with Gasteiger partial charge in [0.25, 0.3) is 0 Å². The molecular formula is C14H21NO. The van der Waals surface area contributed by atoms with Crippen molar-refractivity contribution in [2.75, 3.05) is 19.7 Å². The molecule has 0 aromatic heterocycles. The summed E-state index contributed by atoms with van der Waals surface area (Å²) in [6, 6.07) is 8.42. The fraction of sp³-hybridized carbons (Fsp3) is 0.571. The second-order valence-electron chi connectivity index (χ2n) is 4.43. The molecule has 2 heteroatoms. The monoisotopic (exact) mass is 219 g/mol. The largest absolute Gasteiger partial charge is 0.493 e. The topological polar surface area (TPSA) is 21.3 Å². The summed E-state index contributed by atoms with van der Waals surface area (Å²) >= 11 is 0. The van der Waals surface area contributed by atoms with Crippen LogP contribution in [0.1, 0.15) is 37.7 Å². The molecule has 0 fully saturated rings. The molecule has 1 aliphatic rings. The Hall–Kier alpha value is -1.02. The van der Waals surface area contributed by atoms with E-state index in [4.69, 9.17) is 4.74 Å². The quantitative estimate of drug-likeness (QED) is 0.769. The third kappa shape index (κ3) is 2.76. The summed E-state index contributed by atoms with van der Waals surface area (Å²) in [6.07, 6.45) is 3.67. The van der Waals surface area contributed by atoms with Gasteiger partial charge in [0, 0.05) is 12.5 Å². The molecule has 1 aliphatic heterocycles. The molecule has 1 aromatic carbocycles. The lowest BCUT2D eigenvalue weighted by atomic mass is 9.93. The molecule has 1 unspecified atom stereocenters. The van der Waals surface area contributed by atoms with Gasteiger partial charge in [-0.3, -0.25) is 0 Å². The minimum Gasteiger partial charge on any atom is -0.493 e. The molecule has 2 nitrogen and oxygen atoms in total. The molecule has 0 aliphatic carbocycles. The number of rotatable bonds is 5. The van der Waals surface area contributed by atoms with Gasteiger partial charge in [-0.2, -0.15) is 0 Å². The Bertz CT molecular complexity index is 324. The first-order valence-electron chi connectivity index (χ1n) is 6.34. The number of ether oxygens (including phenoxy) is 1. The standard InChI is InChI=1S/C14H21NO/c1-2-3-9-15-11-12-8-10-16-14-7-5-4-6-13(12)14/h4-7,12,15H,2-3,8-11H2,1H3. The molecule has 1 aromatic rings. The maximum atomic E-state index is 5.65. The highest BCUT2D eigenvalue weighted by Crippen LogP contribution is 2.32. The lowest BCUT2D eigenvalue weighted by Gasteiger charge is -2.26. The zero-order valence-electron chi connectivity index (χ0n) is 10.0. The molecule has 88 valence electrons. The third-order valence-corrected chi connectivity index (χ3v) is 3.18. The summed E-state index contributed by atoms with van der Waals surface area (Å²) in [5.41, 5.74) is 1.37. The fourth-order valence-corrected chi connectivity index (χ4v) is 2.21. The summed E-state index contributed by atoms with van der Waals surface area (Å²) in [5.74, 6) is 1.71. The van der Waals surface area contributed by atoms with Crippen molar-refractivity contribution in [3.8, 4) is 5.75 Å². The Morgan fingerprint density at radius 1 is 1.38 bits per heavy atom. The molecule has 0 spiro atoms. The van der Waals surface area contributed by atoms with Crippen LogP contribution in [-0.2, 0) is 0 Å². The van der Waals surface area contributed by atoms with Crippen LogP contribution in [0.25, 0.3) is 0 Å².